The van der Waals surface area contributed by atoms with E-state index < -0.39 is 10.8 Å². The Balaban J connectivity index is 2.03. The van der Waals surface area contributed by atoms with Crippen molar-refractivity contribution in [1.29, 1.82) is 0 Å². The standard InChI is InChI=1S/C23H28N2O6/c1-4-5-6-7-14-31-21-11-8-17(15-22(21)30-3)9-13-23(26)24-19-16-18(25(27)28)10-12-20(19)29-2/h8-13,15-16H,4-7,14H2,1-3H3,(H,24,26)/b13-9+. The van der Waals surface area contributed by atoms with E-state index in [-0.39, 0.29) is 11.4 Å². The number of non-ortho nitro benzene ring substituents is 1. The Kier molecular flexibility index (Phi) is 9.35. The highest BCUT2D eigenvalue weighted by Gasteiger charge is 2.13. The molecular formula is C23H28N2O6. The average Bonchev–Trinajstić information content (AvgIpc) is 2.77. The van der Waals surface area contributed by atoms with Gasteiger partial charge < -0.3 is 19.5 Å². The number of nitro groups is 1. The Hall–Kier alpha value is -3.55. The van der Waals surface area contributed by atoms with Crippen LogP contribution in [0, 0.1) is 10.1 Å². The molecule has 31 heavy (non-hydrogen) atoms. The van der Waals surface area contributed by atoms with Gasteiger partial charge >= 0.3 is 0 Å². The molecule has 1 N–H and O–H groups in total. The second-order valence-corrected chi connectivity index (χ2v) is 6.78. The first-order valence-corrected chi connectivity index (χ1v) is 10.1. The number of ether oxygens (including phenoxy) is 3. The number of nitro benzene ring substituents is 1. The van der Waals surface area contributed by atoms with E-state index in [4.69, 9.17) is 14.2 Å². The fourth-order valence-electron chi connectivity index (χ4n) is 2.87. The molecule has 0 fully saturated rings. The van der Waals surface area contributed by atoms with Crippen LogP contribution in [0.25, 0.3) is 6.08 Å². The molecule has 0 unspecified atom stereocenters. The Morgan fingerprint density at radius 1 is 1.03 bits per heavy atom. The first-order valence-electron chi connectivity index (χ1n) is 10.1. The van der Waals surface area contributed by atoms with E-state index in [1.54, 1.807) is 25.3 Å². The molecular weight excluding hydrogens is 400 g/mol. The minimum Gasteiger partial charge on any atom is -0.495 e. The summed E-state index contributed by atoms with van der Waals surface area (Å²) < 4.78 is 16.3. The number of unbranched alkanes of at least 4 members (excludes halogenated alkanes) is 3. The van der Waals surface area contributed by atoms with Gasteiger partial charge in [0.05, 0.1) is 31.4 Å². The lowest BCUT2D eigenvalue weighted by atomic mass is 10.2. The summed E-state index contributed by atoms with van der Waals surface area (Å²) in [4.78, 5) is 22.7. The molecule has 0 spiro atoms. The highest BCUT2D eigenvalue weighted by molar-refractivity contribution is 6.03. The third kappa shape index (κ3) is 7.33. The summed E-state index contributed by atoms with van der Waals surface area (Å²) in [5.41, 5.74) is 0.821. The van der Waals surface area contributed by atoms with Crippen LogP contribution in [0.4, 0.5) is 11.4 Å². The number of anilines is 1. The van der Waals surface area contributed by atoms with Crippen LogP contribution < -0.4 is 19.5 Å². The van der Waals surface area contributed by atoms with Crippen molar-refractivity contribution in [1.82, 2.24) is 0 Å². The van der Waals surface area contributed by atoms with E-state index in [9.17, 15) is 14.9 Å². The van der Waals surface area contributed by atoms with Gasteiger partial charge in [-0.2, -0.15) is 0 Å². The molecule has 8 nitrogen and oxygen atoms in total. The van der Waals surface area contributed by atoms with Gasteiger partial charge in [-0.15, -0.1) is 0 Å². The Bertz CT molecular complexity index is 926. The maximum atomic E-state index is 12.3. The van der Waals surface area contributed by atoms with E-state index >= 15 is 0 Å². The van der Waals surface area contributed by atoms with E-state index in [1.165, 1.54) is 44.2 Å². The van der Waals surface area contributed by atoms with Gasteiger partial charge in [0.25, 0.3) is 5.69 Å². The topological polar surface area (TPSA) is 99.9 Å². The number of nitrogens with zero attached hydrogens (tertiary/aromatic N) is 1. The molecule has 0 saturated heterocycles. The summed E-state index contributed by atoms with van der Waals surface area (Å²) >= 11 is 0. The van der Waals surface area contributed by atoms with Crippen molar-refractivity contribution in [2.45, 2.75) is 32.6 Å². The second-order valence-electron chi connectivity index (χ2n) is 6.78. The number of rotatable bonds is 12. The van der Waals surface area contributed by atoms with E-state index in [0.29, 0.717) is 23.9 Å². The molecule has 0 saturated carbocycles. The number of nitrogens with one attached hydrogen (secondary N) is 1. The second kappa shape index (κ2) is 12.2. The van der Waals surface area contributed by atoms with Gasteiger partial charge in [0.1, 0.15) is 5.75 Å². The molecule has 166 valence electrons. The summed E-state index contributed by atoms with van der Waals surface area (Å²) in [6.07, 6.45) is 7.43. The average molecular weight is 428 g/mol. The number of carbonyl (C=O) groups excluding carboxylic acids is 1. The number of hydrogen-bond donors (Lipinski definition) is 1. The van der Waals surface area contributed by atoms with Crippen molar-refractivity contribution < 1.29 is 23.9 Å². The minimum absolute atomic E-state index is 0.143. The highest BCUT2D eigenvalue weighted by atomic mass is 16.6. The lowest BCUT2D eigenvalue weighted by molar-refractivity contribution is -0.384. The lowest BCUT2D eigenvalue weighted by Gasteiger charge is -2.11. The van der Waals surface area contributed by atoms with Gasteiger partial charge in [-0.05, 0) is 36.3 Å². The van der Waals surface area contributed by atoms with Crippen LogP contribution in [0.15, 0.2) is 42.5 Å². The molecule has 0 aliphatic rings. The number of methoxy groups -OCH3 is 2. The van der Waals surface area contributed by atoms with Crippen LogP contribution in [-0.2, 0) is 4.79 Å². The summed E-state index contributed by atoms with van der Waals surface area (Å²) in [7, 11) is 2.99. The zero-order valence-corrected chi connectivity index (χ0v) is 18.1. The predicted octanol–water partition coefficient (Wildman–Crippen LogP) is 5.22. The quantitative estimate of drug-likeness (QED) is 0.215. The molecule has 0 radical (unpaired) electrons. The maximum absolute atomic E-state index is 12.3. The Morgan fingerprint density at radius 2 is 1.77 bits per heavy atom. The van der Waals surface area contributed by atoms with Crippen molar-refractivity contribution in [2.75, 3.05) is 26.1 Å². The van der Waals surface area contributed by atoms with Crippen LogP contribution in [0.3, 0.4) is 0 Å². The van der Waals surface area contributed by atoms with Crippen molar-refractivity contribution in [3.8, 4) is 17.2 Å². The highest BCUT2D eigenvalue weighted by Crippen LogP contribution is 2.30. The molecule has 0 aromatic heterocycles. The van der Waals surface area contributed by atoms with Gasteiger partial charge in [0, 0.05) is 18.2 Å². The molecule has 8 heteroatoms. The smallest absolute Gasteiger partial charge is 0.271 e. The third-order valence-corrected chi connectivity index (χ3v) is 4.52. The molecule has 0 bridgehead atoms. The molecule has 0 aliphatic heterocycles. The van der Waals surface area contributed by atoms with Crippen LogP contribution in [0.5, 0.6) is 17.2 Å². The first-order chi connectivity index (χ1) is 15.0. The van der Waals surface area contributed by atoms with Crippen LogP contribution in [-0.4, -0.2) is 31.7 Å². The van der Waals surface area contributed by atoms with Crippen molar-refractivity contribution >= 4 is 23.4 Å². The van der Waals surface area contributed by atoms with Crippen molar-refractivity contribution in [3.05, 3.63) is 58.2 Å². The molecule has 2 aromatic carbocycles. The van der Waals surface area contributed by atoms with Gasteiger partial charge in [-0.1, -0.05) is 32.3 Å². The van der Waals surface area contributed by atoms with Gasteiger partial charge in [0.2, 0.25) is 5.91 Å². The van der Waals surface area contributed by atoms with E-state index in [0.717, 1.165) is 18.4 Å². The van der Waals surface area contributed by atoms with Crippen molar-refractivity contribution in [2.24, 2.45) is 0 Å². The van der Waals surface area contributed by atoms with Gasteiger partial charge in [-0.25, -0.2) is 0 Å². The summed E-state index contributed by atoms with van der Waals surface area (Å²) in [6, 6.07) is 9.40. The number of amides is 1. The normalized spacial score (nSPS) is 10.7. The van der Waals surface area contributed by atoms with E-state index in [2.05, 4.69) is 12.2 Å². The van der Waals surface area contributed by atoms with Gasteiger partial charge in [-0.3, -0.25) is 14.9 Å². The molecule has 2 rings (SSSR count). The molecule has 2 aromatic rings. The van der Waals surface area contributed by atoms with Crippen molar-refractivity contribution in [3.63, 3.8) is 0 Å². The predicted molar refractivity (Wildman–Crippen MR) is 120 cm³/mol. The number of benzene rings is 2. The van der Waals surface area contributed by atoms with E-state index in [1.807, 2.05) is 6.07 Å². The van der Waals surface area contributed by atoms with Crippen LogP contribution in [0.2, 0.25) is 0 Å². The first kappa shape index (κ1) is 23.7. The Labute approximate surface area is 182 Å². The molecule has 0 aliphatic carbocycles. The fraction of sp³-hybridized carbons (Fsp3) is 0.348. The molecule has 1 amide bonds. The summed E-state index contributed by atoms with van der Waals surface area (Å²) in [5, 5.41) is 13.6. The SMILES string of the molecule is CCCCCCOc1ccc(/C=C/C(=O)Nc2cc([N+](=O)[O-])ccc2OC)cc1OC. The summed E-state index contributed by atoms with van der Waals surface area (Å²) in [5.74, 6) is 1.11. The van der Waals surface area contributed by atoms with Gasteiger partial charge in [0.15, 0.2) is 11.5 Å². The maximum Gasteiger partial charge on any atom is 0.271 e. The lowest BCUT2D eigenvalue weighted by Crippen LogP contribution is -2.09. The largest absolute Gasteiger partial charge is 0.495 e. The minimum atomic E-state index is -0.537. The molecule has 0 atom stereocenters. The molecule has 0 heterocycles. The monoisotopic (exact) mass is 428 g/mol. The fourth-order valence-corrected chi connectivity index (χ4v) is 2.87. The number of hydrogen-bond acceptors (Lipinski definition) is 6. The van der Waals surface area contributed by atoms with Crippen LogP contribution in [0.1, 0.15) is 38.2 Å². The summed E-state index contributed by atoms with van der Waals surface area (Å²) in [6.45, 7) is 2.79. The van der Waals surface area contributed by atoms with Crippen LogP contribution >= 0.6 is 0 Å². The third-order valence-electron chi connectivity index (χ3n) is 4.52. The zero-order chi connectivity index (χ0) is 22.6. The number of carbonyl (C=O) groups is 1. The Morgan fingerprint density at radius 3 is 2.45 bits per heavy atom. The zero-order valence-electron chi connectivity index (χ0n) is 18.1.